The van der Waals surface area contributed by atoms with Gasteiger partial charge >= 0.3 is 5.97 Å². The molecule has 8 nitrogen and oxygen atoms in total. The van der Waals surface area contributed by atoms with Crippen molar-refractivity contribution in [2.75, 3.05) is 18.0 Å². The minimum atomic E-state index is -0.740. The Balaban J connectivity index is 1.83. The van der Waals surface area contributed by atoms with Crippen LogP contribution in [0.2, 0.25) is 0 Å². The predicted molar refractivity (Wildman–Crippen MR) is 92.1 cm³/mol. The molecule has 3 rings (SSSR count). The van der Waals surface area contributed by atoms with Crippen LogP contribution in [0.4, 0.5) is 5.69 Å². The topological polar surface area (TPSA) is 104 Å². The second-order valence-electron chi connectivity index (χ2n) is 6.52. The van der Waals surface area contributed by atoms with Gasteiger partial charge in [0.1, 0.15) is 5.69 Å². The molecule has 3 heterocycles. The van der Waals surface area contributed by atoms with E-state index in [1.54, 1.807) is 11.7 Å². The van der Waals surface area contributed by atoms with Gasteiger partial charge in [-0.15, -0.1) is 5.10 Å². The third kappa shape index (κ3) is 3.63. The lowest BCUT2D eigenvalue weighted by atomic mass is 9.94. The number of carboxylic acids is 1. The Hall–Kier alpha value is -2.48. The minimum Gasteiger partial charge on any atom is -0.481 e. The van der Waals surface area contributed by atoms with Gasteiger partial charge in [-0.2, -0.15) is 0 Å². The van der Waals surface area contributed by atoms with Crippen molar-refractivity contribution in [2.24, 2.45) is 13.0 Å². The van der Waals surface area contributed by atoms with Gasteiger partial charge in [-0.1, -0.05) is 5.21 Å². The number of carboxylic acid groups (broad SMARTS) is 1. The molecule has 2 aromatic heterocycles. The zero-order valence-electron chi connectivity index (χ0n) is 14.5. The number of carbonyl (C=O) groups is 1. The van der Waals surface area contributed by atoms with Crippen LogP contribution in [0, 0.1) is 12.8 Å². The lowest BCUT2D eigenvalue weighted by Crippen LogP contribution is -2.36. The van der Waals surface area contributed by atoms with Crippen molar-refractivity contribution >= 4 is 11.7 Å². The molecular weight excluding hydrogens is 322 g/mol. The molecule has 1 atom stereocenters. The first-order valence-corrected chi connectivity index (χ1v) is 8.43. The summed E-state index contributed by atoms with van der Waals surface area (Å²) >= 11 is 0. The molecule has 0 aromatic carbocycles. The largest absolute Gasteiger partial charge is 0.481 e. The number of piperidine rings is 1. The van der Waals surface area contributed by atoms with Crippen molar-refractivity contribution in [2.45, 2.75) is 32.8 Å². The highest BCUT2D eigenvalue weighted by atomic mass is 16.4. The maximum absolute atomic E-state index is 11.0. The quantitative estimate of drug-likeness (QED) is 0.843. The Morgan fingerprint density at radius 3 is 2.88 bits per heavy atom. The molecule has 0 bridgehead atoms. The Bertz CT molecular complexity index is 774. The van der Waals surface area contributed by atoms with Gasteiger partial charge in [0.25, 0.3) is 0 Å². The molecule has 25 heavy (non-hydrogen) atoms. The van der Waals surface area contributed by atoms with E-state index in [1.165, 1.54) is 0 Å². The molecule has 1 aliphatic rings. The third-order valence-electron chi connectivity index (χ3n) is 4.72. The molecule has 1 fully saturated rings. The standard InChI is InChI=1S/C17H23N5O3/c1-11-14(22-7-3-4-12(9-22)8-16(24)25)6-5-13(18-11)17-15(10-23)21(2)20-19-17/h5-6,12,23H,3-4,7-10H2,1-2H3,(H,24,25)/t12-/m1/s1. The van der Waals surface area contributed by atoms with Crippen LogP contribution in [0.3, 0.4) is 0 Å². The molecule has 0 saturated carbocycles. The van der Waals surface area contributed by atoms with Gasteiger partial charge in [-0.05, 0) is 37.8 Å². The smallest absolute Gasteiger partial charge is 0.303 e. The van der Waals surface area contributed by atoms with E-state index in [-0.39, 0.29) is 18.9 Å². The first-order chi connectivity index (χ1) is 12.0. The summed E-state index contributed by atoms with van der Waals surface area (Å²) < 4.78 is 1.54. The van der Waals surface area contributed by atoms with Gasteiger partial charge in [0.2, 0.25) is 0 Å². The Morgan fingerprint density at radius 1 is 1.40 bits per heavy atom. The molecule has 2 N–H and O–H groups in total. The predicted octanol–water partition coefficient (Wildman–Crippen LogP) is 1.37. The van der Waals surface area contributed by atoms with E-state index in [2.05, 4.69) is 20.2 Å². The van der Waals surface area contributed by atoms with Crippen molar-refractivity contribution in [3.63, 3.8) is 0 Å². The van der Waals surface area contributed by atoms with Gasteiger partial charge in [-0.3, -0.25) is 4.79 Å². The van der Waals surface area contributed by atoms with Crippen LogP contribution >= 0.6 is 0 Å². The number of hydrogen-bond acceptors (Lipinski definition) is 6. The molecule has 2 aromatic rings. The normalized spacial score (nSPS) is 17.7. The number of aryl methyl sites for hydroxylation is 2. The summed E-state index contributed by atoms with van der Waals surface area (Å²) in [7, 11) is 1.74. The number of hydrogen-bond donors (Lipinski definition) is 2. The number of anilines is 1. The summed E-state index contributed by atoms with van der Waals surface area (Å²) in [6.07, 6.45) is 2.14. The minimum absolute atomic E-state index is 0.149. The van der Waals surface area contributed by atoms with Crippen molar-refractivity contribution in [1.29, 1.82) is 0 Å². The number of rotatable bonds is 5. The van der Waals surface area contributed by atoms with Crippen LogP contribution in [0.25, 0.3) is 11.4 Å². The second kappa shape index (κ2) is 7.18. The Labute approximate surface area is 146 Å². The highest BCUT2D eigenvalue weighted by Gasteiger charge is 2.24. The van der Waals surface area contributed by atoms with E-state index >= 15 is 0 Å². The molecule has 134 valence electrons. The average molecular weight is 345 g/mol. The number of aliphatic hydroxyl groups is 1. The molecule has 0 spiro atoms. The van der Waals surface area contributed by atoms with Gasteiger partial charge in [0.15, 0.2) is 0 Å². The van der Waals surface area contributed by atoms with E-state index in [0.29, 0.717) is 17.1 Å². The first-order valence-electron chi connectivity index (χ1n) is 8.43. The van der Waals surface area contributed by atoms with Crippen LogP contribution in [0.1, 0.15) is 30.7 Å². The summed E-state index contributed by atoms with van der Waals surface area (Å²) in [4.78, 5) is 17.8. The van der Waals surface area contributed by atoms with Crippen LogP contribution < -0.4 is 4.90 Å². The van der Waals surface area contributed by atoms with Crippen LogP contribution in [0.15, 0.2) is 12.1 Å². The zero-order chi connectivity index (χ0) is 18.0. The lowest BCUT2D eigenvalue weighted by molar-refractivity contribution is -0.138. The maximum atomic E-state index is 11.0. The van der Waals surface area contributed by atoms with Gasteiger partial charge in [0.05, 0.1) is 29.4 Å². The molecule has 0 unspecified atom stereocenters. The van der Waals surface area contributed by atoms with E-state index in [1.807, 2.05) is 19.1 Å². The van der Waals surface area contributed by atoms with Crippen molar-refractivity contribution in [1.82, 2.24) is 20.0 Å². The van der Waals surface area contributed by atoms with Crippen molar-refractivity contribution < 1.29 is 15.0 Å². The summed E-state index contributed by atoms with van der Waals surface area (Å²) in [5, 5.41) is 26.6. The number of aromatic nitrogens is 4. The lowest BCUT2D eigenvalue weighted by Gasteiger charge is -2.34. The van der Waals surface area contributed by atoms with E-state index in [9.17, 15) is 9.90 Å². The van der Waals surface area contributed by atoms with Crippen molar-refractivity contribution in [3.05, 3.63) is 23.5 Å². The van der Waals surface area contributed by atoms with E-state index in [4.69, 9.17) is 5.11 Å². The molecule has 8 heteroatoms. The summed E-state index contributed by atoms with van der Waals surface area (Å²) in [6.45, 7) is 3.44. The zero-order valence-corrected chi connectivity index (χ0v) is 14.5. The molecule has 0 amide bonds. The molecule has 1 aliphatic heterocycles. The summed E-state index contributed by atoms with van der Waals surface area (Å²) in [5.74, 6) is -0.567. The van der Waals surface area contributed by atoms with Crippen LogP contribution in [-0.2, 0) is 18.4 Å². The molecule has 0 aliphatic carbocycles. The van der Waals surface area contributed by atoms with Gasteiger partial charge < -0.3 is 15.1 Å². The SMILES string of the molecule is Cc1nc(-c2nnn(C)c2CO)ccc1N1CCC[C@H](CC(=O)O)C1. The number of aliphatic carboxylic acids is 1. The second-order valence-corrected chi connectivity index (χ2v) is 6.52. The molecular formula is C17H23N5O3. The fourth-order valence-electron chi connectivity index (χ4n) is 3.47. The fraction of sp³-hybridized carbons (Fsp3) is 0.529. The number of pyridine rings is 1. The highest BCUT2D eigenvalue weighted by molar-refractivity contribution is 5.67. The molecule has 0 radical (unpaired) electrons. The Morgan fingerprint density at radius 2 is 2.20 bits per heavy atom. The van der Waals surface area contributed by atoms with E-state index in [0.717, 1.165) is 37.3 Å². The molecule has 1 saturated heterocycles. The van der Waals surface area contributed by atoms with Gasteiger partial charge in [-0.25, -0.2) is 9.67 Å². The maximum Gasteiger partial charge on any atom is 0.303 e. The fourth-order valence-corrected chi connectivity index (χ4v) is 3.47. The third-order valence-corrected chi connectivity index (χ3v) is 4.72. The highest BCUT2D eigenvalue weighted by Crippen LogP contribution is 2.29. The van der Waals surface area contributed by atoms with Crippen molar-refractivity contribution in [3.8, 4) is 11.4 Å². The average Bonchev–Trinajstić information content (AvgIpc) is 2.95. The van der Waals surface area contributed by atoms with Crippen LogP contribution in [0.5, 0.6) is 0 Å². The summed E-state index contributed by atoms with van der Waals surface area (Å²) in [6, 6.07) is 3.88. The first kappa shape index (κ1) is 17.3. The van der Waals surface area contributed by atoms with E-state index < -0.39 is 5.97 Å². The summed E-state index contributed by atoms with van der Waals surface area (Å²) in [5.41, 5.74) is 3.77. The monoisotopic (exact) mass is 345 g/mol. The number of aliphatic hydroxyl groups excluding tert-OH is 1. The Kier molecular flexibility index (Phi) is 4.98. The number of nitrogens with zero attached hydrogens (tertiary/aromatic N) is 5. The van der Waals surface area contributed by atoms with Crippen LogP contribution in [-0.4, -0.2) is 49.2 Å². The van der Waals surface area contributed by atoms with Gasteiger partial charge in [0, 0.05) is 26.6 Å².